The van der Waals surface area contributed by atoms with Gasteiger partial charge in [-0.1, -0.05) is 17.7 Å². The molecule has 2 aromatic carbocycles. The van der Waals surface area contributed by atoms with Gasteiger partial charge in [0.25, 0.3) is 0 Å². The number of benzene rings is 2. The van der Waals surface area contributed by atoms with E-state index in [1.54, 1.807) is 18.2 Å². The molecule has 0 aliphatic carbocycles. The Morgan fingerprint density at radius 2 is 1.91 bits per heavy atom. The van der Waals surface area contributed by atoms with E-state index in [0.717, 1.165) is 11.1 Å². The molecule has 0 fully saturated rings. The molecule has 22 heavy (non-hydrogen) atoms. The Balaban J connectivity index is 0.00000176. The SMILES string of the molecule is O=C([O-])CCc1ccc2oc(-c3ccc(Cl)cc3)nc2c1.[NH4+]. The second-order valence-electron chi connectivity index (χ2n) is 4.70. The predicted molar refractivity (Wildman–Crippen MR) is 83.8 cm³/mol. The maximum absolute atomic E-state index is 10.5. The van der Waals surface area contributed by atoms with E-state index in [2.05, 4.69) is 4.98 Å². The lowest BCUT2D eigenvalue weighted by atomic mass is 10.1. The van der Waals surface area contributed by atoms with Crippen LogP contribution in [0.15, 0.2) is 46.9 Å². The van der Waals surface area contributed by atoms with E-state index in [1.807, 2.05) is 24.3 Å². The van der Waals surface area contributed by atoms with Crippen LogP contribution < -0.4 is 11.3 Å². The number of carbonyl (C=O) groups is 1. The number of aromatic nitrogens is 1. The van der Waals surface area contributed by atoms with Gasteiger partial charge in [-0.3, -0.25) is 0 Å². The Morgan fingerprint density at radius 1 is 1.18 bits per heavy atom. The molecule has 0 saturated heterocycles. The molecule has 0 atom stereocenters. The van der Waals surface area contributed by atoms with E-state index >= 15 is 0 Å². The Morgan fingerprint density at radius 3 is 2.59 bits per heavy atom. The largest absolute Gasteiger partial charge is 0.550 e. The van der Waals surface area contributed by atoms with Crippen LogP contribution in [0, 0.1) is 0 Å². The molecule has 3 aromatic rings. The summed E-state index contributed by atoms with van der Waals surface area (Å²) in [4.78, 5) is 14.9. The standard InChI is InChI=1S/C16H12ClNO3.H3N/c17-12-5-3-11(4-6-12)16-18-13-9-10(2-8-15(19)20)1-7-14(13)21-16;/h1,3-7,9H,2,8H2,(H,19,20);1H3. The normalized spacial score (nSPS) is 10.4. The number of carboxylic acids is 1. The number of fused-ring (bicyclic) bond motifs is 1. The zero-order valence-corrected chi connectivity index (χ0v) is 12.8. The number of quaternary nitrogens is 1. The molecule has 3 rings (SSSR count). The van der Waals surface area contributed by atoms with Gasteiger partial charge in [-0.05, 0) is 54.8 Å². The molecule has 0 amide bonds. The smallest absolute Gasteiger partial charge is 0.227 e. The first-order valence-corrected chi connectivity index (χ1v) is 6.85. The summed E-state index contributed by atoms with van der Waals surface area (Å²) in [5.41, 5.74) is 3.10. The number of carboxylic acid groups (broad SMARTS) is 1. The molecule has 0 aliphatic rings. The van der Waals surface area contributed by atoms with Crippen LogP contribution in [0.2, 0.25) is 5.02 Å². The molecule has 4 N–H and O–H groups in total. The molecule has 5 nitrogen and oxygen atoms in total. The second kappa shape index (κ2) is 6.60. The third kappa shape index (κ3) is 3.44. The number of aliphatic carboxylic acids is 1. The van der Waals surface area contributed by atoms with Crippen LogP contribution in [0.1, 0.15) is 12.0 Å². The summed E-state index contributed by atoms with van der Waals surface area (Å²) < 4.78 is 5.69. The molecular weight excluding hydrogens is 304 g/mol. The van der Waals surface area contributed by atoms with Crippen molar-refractivity contribution in [3.05, 3.63) is 53.1 Å². The highest BCUT2D eigenvalue weighted by Crippen LogP contribution is 2.26. The quantitative estimate of drug-likeness (QED) is 0.797. The van der Waals surface area contributed by atoms with Crippen LogP contribution >= 0.6 is 11.6 Å². The Hall–Kier alpha value is -2.37. The predicted octanol–water partition coefficient (Wildman–Crippen LogP) is 3.21. The van der Waals surface area contributed by atoms with Gasteiger partial charge in [-0.15, -0.1) is 0 Å². The number of hydrogen-bond donors (Lipinski definition) is 1. The first kappa shape index (κ1) is 16.0. The number of rotatable bonds is 4. The maximum Gasteiger partial charge on any atom is 0.227 e. The van der Waals surface area contributed by atoms with Gasteiger partial charge in [0.05, 0.1) is 0 Å². The lowest BCUT2D eigenvalue weighted by Crippen LogP contribution is -2.22. The van der Waals surface area contributed by atoms with Gasteiger partial charge < -0.3 is 20.5 Å². The molecule has 1 heterocycles. The first-order valence-electron chi connectivity index (χ1n) is 6.47. The minimum atomic E-state index is -1.06. The van der Waals surface area contributed by atoms with Gasteiger partial charge >= 0.3 is 0 Å². The summed E-state index contributed by atoms with van der Waals surface area (Å²) in [6.07, 6.45) is 0.412. The number of oxazole rings is 1. The number of carbonyl (C=O) groups excluding carboxylic acids is 1. The summed E-state index contributed by atoms with van der Waals surface area (Å²) >= 11 is 5.85. The molecule has 0 spiro atoms. The fourth-order valence-corrected chi connectivity index (χ4v) is 2.22. The van der Waals surface area contributed by atoms with Crippen LogP contribution in [0.3, 0.4) is 0 Å². The van der Waals surface area contributed by atoms with Crippen molar-refractivity contribution >= 4 is 28.7 Å². The molecular formula is C16H15ClN2O3. The van der Waals surface area contributed by atoms with Crippen molar-refractivity contribution < 1.29 is 14.3 Å². The zero-order chi connectivity index (χ0) is 14.8. The summed E-state index contributed by atoms with van der Waals surface area (Å²) in [6, 6.07) is 12.7. The summed E-state index contributed by atoms with van der Waals surface area (Å²) in [7, 11) is 0. The van der Waals surface area contributed by atoms with Crippen molar-refractivity contribution in [2.75, 3.05) is 0 Å². The minimum absolute atomic E-state index is 0. The molecule has 0 unspecified atom stereocenters. The molecule has 6 heteroatoms. The average molecular weight is 319 g/mol. The number of halogens is 1. The number of aryl methyl sites for hydroxylation is 1. The van der Waals surface area contributed by atoms with Gasteiger partial charge in [0.1, 0.15) is 5.52 Å². The van der Waals surface area contributed by atoms with E-state index in [1.165, 1.54) is 0 Å². The first-order chi connectivity index (χ1) is 10.1. The van der Waals surface area contributed by atoms with E-state index < -0.39 is 5.97 Å². The van der Waals surface area contributed by atoms with Crippen molar-refractivity contribution in [2.24, 2.45) is 0 Å². The number of nitrogens with zero attached hydrogens (tertiary/aromatic N) is 1. The van der Waals surface area contributed by atoms with Crippen LogP contribution in [-0.2, 0) is 11.2 Å². The van der Waals surface area contributed by atoms with E-state index in [0.29, 0.717) is 28.4 Å². The third-order valence-electron chi connectivity index (χ3n) is 3.16. The van der Waals surface area contributed by atoms with Crippen molar-refractivity contribution in [1.29, 1.82) is 0 Å². The maximum atomic E-state index is 10.5. The van der Waals surface area contributed by atoms with Crippen LogP contribution in [0.5, 0.6) is 0 Å². The molecule has 0 radical (unpaired) electrons. The molecule has 114 valence electrons. The lowest BCUT2D eigenvalue weighted by Gasteiger charge is -2.01. The average Bonchev–Trinajstić information content (AvgIpc) is 2.88. The van der Waals surface area contributed by atoms with Crippen LogP contribution in [0.4, 0.5) is 0 Å². The monoisotopic (exact) mass is 318 g/mol. The van der Waals surface area contributed by atoms with Gasteiger partial charge in [0.15, 0.2) is 5.58 Å². The second-order valence-corrected chi connectivity index (χ2v) is 5.14. The Bertz CT molecular complexity index is 797. The van der Waals surface area contributed by atoms with Crippen molar-refractivity contribution in [2.45, 2.75) is 12.8 Å². The molecule has 0 saturated carbocycles. The third-order valence-corrected chi connectivity index (χ3v) is 3.41. The zero-order valence-electron chi connectivity index (χ0n) is 12.0. The van der Waals surface area contributed by atoms with Crippen molar-refractivity contribution in [3.63, 3.8) is 0 Å². The lowest BCUT2D eigenvalue weighted by molar-refractivity contribution is -0.305. The molecule has 0 bridgehead atoms. The van der Waals surface area contributed by atoms with Gasteiger partial charge in [-0.2, -0.15) is 0 Å². The topological polar surface area (TPSA) is 103 Å². The highest BCUT2D eigenvalue weighted by molar-refractivity contribution is 6.30. The Labute approximate surface area is 132 Å². The van der Waals surface area contributed by atoms with Gasteiger partial charge in [0, 0.05) is 16.6 Å². The van der Waals surface area contributed by atoms with Crippen molar-refractivity contribution in [3.8, 4) is 11.5 Å². The summed E-state index contributed by atoms with van der Waals surface area (Å²) in [6.45, 7) is 0. The highest BCUT2D eigenvalue weighted by atomic mass is 35.5. The van der Waals surface area contributed by atoms with Crippen LogP contribution in [0.25, 0.3) is 22.6 Å². The number of hydrogen-bond acceptors (Lipinski definition) is 4. The van der Waals surface area contributed by atoms with Gasteiger partial charge in [-0.25, -0.2) is 4.98 Å². The van der Waals surface area contributed by atoms with E-state index in [4.69, 9.17) is 16.0 Å². The van der Waals surface area contributed by atoms with Gasteiger partial charge in [0.2, 0.25) is 5.89 Å². The summed E-state index contributed by atoms with van der Waals surface area (Å²) in [5.74, 6) is -0.546. The fraction of sp³-hybridized carbons (Fsp3) is 0.125. The highest BCUT2D eigenvalue weighted by Gasteiger charge is 2.08. The van der Waals surface area contributed by atoms with E-state index in [-0.39, 0.29) is 12.6 Å². The minimum Gasteiger partial charge on any atom is -0.550 e. The fourth-order valence-electron chi connectivity index (χ4n) is 2.09. The van der Waals surface area contributed by atoms with Crippen molar-refractivity contribution in [1.82, 2.24) is 11.1 Å². The van der Waals surface area contributed by atoms with Crippen LogP contribution in [-0.4, -0.2) is 11.0 Å². The molecule has 1 aromatic heterocycles. The molecule has 0 aliphatic heterocycles. The van der Waals surface area contributed by atoms with E-state index in [9.17, 15) is 9.90 Å². The Kier molecular flexibility index (Phi) is 4.80. The summed E-state index contributed by atoms with van der Waals surface area (Å²) in [5, 5.41) is 11.1.